The molecule has 1 aromatic heterocycles. The minimum absolute atomic E-state index is 0.0851. The lowest BCUT2D eigenvalue weighted by atomic mass is 10.1. The van der Waals surface area contributed by atoms with E-state index in [-0.39, 0.29) is 11.9 Å². The molecule has 1 aliphatic heterocycles. The molecule has 0 N–H and O–H groups in total. The van der Waals surface area contributed by atoms with Crippen LogP contribution in [0.3, 0.4) is 0 Å². The first kappa shape index (κ1) is 7.98. The van der Waals surface area contributed by atoms with Crippen molar-refractivity contribution in [1.29, 1.82) is 0 Å². The Kier molecular flexibility index (Phi) is 2.08. The Morgan fingerprint density at radius 3 is 3.08 bits per heavy atom. The first-order valence-electron chi connectivity index (χ1n) is 4.12. The van der Waals surface area contributed by atoms with Crippen LogP contribution >= 0.6 is 0 Å². The number of hydrogen-bond donors (Lipinski definition) is 0. The van der Waals surface area contributed by atoms with Gasteiger partial charge in [-0.3, -0.25) is 9.78 Å². The molecule has 1 aromatic rings. The van der Waals surface area contributed by atoms with Gasteiger partial charge < -0.3 is 4.74 Å². The Hall–Kier alpha value is -1.64. The van der Waals surface area contributed by atoms with Gasteiger partial charge in [-0.1, -0.05) is 6.07 Å². The van der Waals surface area contributed by atoms with E-state index in [9.17, 15) is 4.79 Å². The average Bonchev–Trinajstić information content (AvgIpc) is 2.19. The van der Waals surface area contributed by atoms with E-state index in [0.717, 1.165) is 5.69 Å². The van der Waals surface area contributed by atoms with Gasteiger partial charge in [-0.25, -0.2) is 0 Å². The van der Waals surface area contributed by atoms with Gasteiger partial charge in [0.15, 0.2) is 5.78 Å². The van der Waals surface area contributed by atoms with Gasteiger partial charge in [0.25, 0.3) is 0 Å². The molecule has 0 aromatic carbocycles. The lowest BCUT2D eigenvalue weighted by Gasteiger charge is -2.17. The minimum atomic E-state index is -0.210. The summed E-state index contributed by atoms with van der Waals surface area (Å²) in [6.45, 7) is 0. The molecule has 0 spiro atoms. The standard InChI is InChI=1S/C10H9NO2/c12-8-4-6-13-10(7-8)9-3-1-2-5-11-9/h1-6,10H,7H2. The maximum atomic E-state index is 11.1. The van der Waals surface area contributed by atoms with Crippen molar-refractivity contribution < 1.29 is 9.53 Å². The summed E-state index contributed by atoms with van der Waals surface area (Å²) < 4.78 is 5.27. The number of carbonyl (C=O) groups is 1. The summed E-state index contributed by atoms with van der Waals surface area (Å²) in [6.07, 6.45) is 4.75. The van der Waals surface area contributed by atoms with Crippen molar-refractivity contribution in [3.63, 3.8) is 0 Å². The summed E-state index contributed by atoms with van der Waals surface area (Å²) in [6, 6.07) is 5.58. The van der Waals surface area contributed by atoms with E-state index in [4.69, 9.17) is 4.74 Å². The number of aromatic nitrogens is 1. The molecule has 1 unspecified atom stereocenters. The summed E-state index contributed by atoms with van der Waals surface area (Å²) >= 11 is 0. The summed E-state index contributed by atoms with van der Waals surface area (Å²) in [5, 5.41) is 0. The highest BCUT2D eigenvalue weighted by Crippen LogP contribution is 2.22. The number of carbonyl (C=O) groups excluding carboxylic acids is 1. The van der Waals surface area contributed by atoms with Crippen molar-refractivity contribution in [3.8, 4) is 0 Å². The first-order valence-corrected chi connectivity index (χ1v) is 4.12. The maximum Gasteiger partial charge on any atom is 0.162 e. The molecule has 3 nitrogen and oxygen atoms in total. The molecule has 13 heavy (non-hydrogen) atoms. The van der Waals surface area contributed by atoms with Crippen LogP contribution in [0.4, 0.5) is 0 Å². The van der Waals surface area contributed by atoms with Crippen LogP contribution in [0.2, 0.25) is 0 Å². The van der Waals surface area contributed by atoms with Gasteiger partial charge in [0.1, 0.15) is 6.10 Å². The summed E-state index contributed by atoms with van der Waals surface area (Å²) in [5.41, 5.74) is 0.806. The molecule has 0 aliphatic carbocycles. The molecule has 2 heterocycles. The van der Waals surface area contributed by atoms with Crippen LogP contribution in [0.25, 0.3) is 0 Å². The first-order chi connectivity index (χ1) is 6.36. The van der Waals surface area contributed by atoms with E-state index in [0.29, 0.717) is 6.42 Å². The van der Waals surface area contributed by atoms with E-state index in [1.807, 2.05) is 18.2 Å². The Morgan fingerprint density at radius 2 is 2.38 bits per heavy atom. The molecule has 2 rings (SSSR count). The van der Waals surface area contributed by atoms with Crippen LogP contribution in [0, 0.1) is 0 Å². The van der Waals surface area contributed by atoms with Crippen molar-refractivity contribution >= 4 is 5.78 Å². The van der Waals surface area contributed by atoms with Crippen LogP contribution < -0.4 is 0 Å². The fraction of sp³-hybridized carbons (Fsp3) is 0.200. The van der Waals surface area contributed by atoms with E-state index < -0.39 is 0 Å². The van der Waals surface area contributed by atoms with Crippen molar-refractivity contribution in [2.24, 2.45) is 0 Å². The molecule has 0 fully saturated rings. The molecular weight excluding hydrogens is 166 g/mol. The van der Waals surface area contributed by atoms with E-state index in [1.54, 1.807) is 6.20 Å². The number of ether oxygens (including phenoxy) is 1. The van der Waals surface area contributed by atoms with Crippen LogP contribution in [0.1, 0.15) is 18.2 Å². The average molecular weight is 175 g/mol. The number of allylic oxidation sites excluding steroid dienone is 1. The van der Waals surface area contributed by atoms with Crippen molar-refractivity contribution in [3.05, 3.63) is 42.4 Å². The monoisotopic (exact) mass is 175 g/mol. The Labute approximate surface area is 76.1 Å². The number of rotatable bonds is 1. The molecule has 0 amide bonds. The van der Waals surface area contributed by atoms with Crippen molar-refractivity contribution in [2.75, 3.05) is 0 Å². The van der Waals surface area contributed by atoms with Gasteiger partial charge >= 0.3 is 0 Å². The number of ketones is 1. The zero-order chi connectivity index (χ0) is 9.10. The predicted molar refractivity (Wildman–Crippen MR) is 46.8 cm³/mol. The van der Waals surface area contributed by atoms with Gasteiger partial charge in [-0.15, -0.1) is 0 Å². The molecule has 3 heteroatoms. The quantitative estimate of drug-likeness (QED) is 0.651. The van der Waals surface area contributed by atoms with Gasteiger partial charge in [0.2, 0.25) is 0 Å². The fourth-order valence-electron chi connectivity index (χ4n) is 1.25. The molecule has 1 atom stereocenters. The molecule has 0 bridgehead atoms. The molecule has 0 saturated heterocycles. The van der Waals surface area contributed by atoms with Crippen molar-refractivity contribution in [1.82, 2.24) is 4.98 Å². The lowest BCUT2D eigenvalue weighted by molar-refractivity contribution is -0.118. The normalized spacial score (nSPS) is 21.2. The smallest absolute Gasteiger partial charge is 0.162 e. The van der Waals surface area contributed by atoms with Crippen molar-refractivity contribution in [2.45, 2.75) is 12.5 Å². The molecular formula is C10H9NO2. The van der Waals surface area contributed by atoms with Gasteiger partial charge in [-0.05, 0) is 12.1 Å². The van der Waals surface area contributed by atoms with Gasteiger partial charge in [0.05, 0.1) is 18.4 Å². The second kappa shape index (κ2) is 3.39. The molecule has 0 radical (unpaired) electrons. The molecule has 66 valence electrons. The van der Waals surface area contributed by atoms with Crippen LogP contribution in [-0.2, 0) is 9.53 Å². The topological polar surface area (TPSA) is 39.2 Å². The summed E-state index contributed by atoms with van der Waals surface area (Å²) in [7, 11) is 0. The SMILES string of the molecule is O=C1C=COC(c2ccccn2)C1. The molecule has 1 aliphatic rings. The second-order valence-corrected chi connectivity index (χ2v) is 2.85. The van der Waals surface area contributed by atoms with E-state index in [2.05, 4.69) is 4.98 Å². The number of hydrogen-bond acceptors (Lipinski definition) is 3. The Balaban J connectivity index is 2.19. The minimum Gasteiger partial charge on any atom is -0.491 e. The third kappa shape index (κ3) is 1.75. The third-order valence-corrected chi connectivity index (χ3v) is 1.90. The van der Waals surface area contributed by atoms with Crippen LogP contribution in [0.15, 0.2) is 36.7 Å². The van der Waals surface area contributed by atoms with Crippen LogP contribution in [0.5, 0.6) is 0 Å². The summed E-state index contributed by atoms with van der Waals surface area (Å²) in [4.78, 5) is 15.2. The van der Waals surface area contributed by atoms with Gasteiger partial charge in [-0.2, -0.15) is 0 Å². The Bertz CT molecular complexity index is 332. The maximum absolute atomic E-state index is 11.1. The largest absolute Gasteiger partial charge is 0.491 e. The predicted octanol–water partition coefficient (Wildman–Crippen LogP) is 1.63. The molecule has 0 saturated carbocycles. The fourth-order valence-corrected chi connectivity index (χ4v) is 1.25. The second-order valence-electron chi connectivity index (χ2n) is 2.85. The Morgan fingerprint density at radius 1 is 1.46 bits per heavy atom. The highest BCUT2D eigenvalue weighted by atomic mass is 16.5. The third-order valence-electron chi connectivity index (χ3n) is 1.90. The van der Waals surface area contributed by atoms with E-state index >= 15 is 0 Å². The zero-order valence-electron chi connectivity index (χ0n) is 7.01. The highest BCUT2D eigenvalue weighted by molar-refractivity contribution is 5.90. The van der Waals surface area contributed by atoms with Crippen LogP contribution in [-0.4, -0.2) is 10.8 Å². The van der Waals surface area contributed by atoms with E-state index in [1.165, 1.54) is 12.3 Å². The lowest BCUT2D eigenvalue weighted by Crippen LogP contribution is -2.12. The highest BCUT2D eigenvalue weighted by Gasteiger charge is 2.19. The number of pyridine rings is 1. The number of nitrogens with zero attached hydrogens (tertiary/aromatic N) is 1. The summed E-state index contributed by atoms with van der Waals surface area (Å²) in [5.74, 6) is 0.0851. The van der Waals surface area contributed by atoms with Gasteiger partial charge in [0, 0.05) is 12.3 Å². The zero-order valence-corrected chi connectivity index (χ0v) is 7.01.